The number of hydrogen-bond acceptors (Lipinski definition) is 6. The van der Waals surface area contributed by atoms with Crippen LogP contribution in [0.5, 0.6) is 5.75 Å². The van der Waals surface area contributed by atoms with Gasteiger partial charge in [-0.15, -0.1) is 0 Å². The molecule has 1 unspecified atom stereocenters. The minimum absolute atomic E-state index is 0.108. The van der Waals surface area contributed by atoms with Gasteiger partial charge in [-0.2, -0.15) is 4.98 Å². The third-order valence-electron chi connectivity index (χ3n) is 4.71. The highest BCUT2D eigenvalue weighted by molar-refractivity contribution is 5.79. The van der Waals surface area contributed by atoms with Crippen LogP contribution in [0.3, 0.4) is 0 Å². The van der Waals surface area contributed by atoms with Gasteiger partial charge in [0.2, 0.25) is 17.6 Å². The number of aryl methyl sites for hydroxylation is 1. The van der Waals surface area contributed by atoms with Crippen LogP contribution in [0.4, 0.5) is 0 Å². The number of aromatic nitrogens is 2. The van der Waals surface area contributed by atoms with Crippen LogP contribution < -0.4 is 10.1 Å². The molecule has 1 N–H and O–H groups in total. The van der Waals surface area contributed by atoms with E-state index in [0.29, 0.717) is 24.7 Å². The van der Waals surface area contributed by atoms with E-state index in [1.807, 2.05) is 68.4 Å². The van der Waals surface area contributed by atoms with Gasteiger partial charge in [-0.1, -0.05) is 23.4 Å². The van der Waals surface area contributed by atoms with Crippen LogP contribution in [-0.2, 0) is 11.2 Å². The summed E-state index contributed by atoms with van der Waals surface area (Å²) in [7, 11) is 0. The van der Waals surface area contributed by atoms with Crippen LogP contribution in [0.1, 0.15) is 38.0 Å². The number of ether oxygens (including phenoxy) is 1. The summed E-state index contributed by atoms with van der Waals surface area (Å²) in [5, 5.41) is 7.96. The third-order valence-corrected chi connectivity index (χ3v) is 4.71. The second kappa shape index (κ2) is 8.82. The van der Waals surface area contributed by atoms with E-state index in [4.69, 9.17) is 13.7 Å². The van der Waals surface area contributed by atoms with Crippen molar-refractivity contribution >= 4 is 16.9 Å². The first kappa shape index (κ1) is 19.7. The first-order chi connectivity index (χ1) is 14.6. The van der Waals surface area contributed by atoms with Crippen molar-refractivity contribution in [1.82, 2.24) is 15.5 Å². The topological polar surface area (TPSA) is 90.4 Å². The van der Waals surface area contributed by atoms with Gasteiger partial charge < -0.3 is 19.0 Å². The SMILES string of the molecule is CCOc1ccc(-c2noc(CCC(=O)NC(C)c3cc4ccccc4o3)n2)cc1. The molecule has 0 aliphatic rings. The summed E-state index contributed by atoms with van der Waals surface area (Å²) < 4.78 is 16.5. The second-order valence-electron chi connectivity index (χ2n) is 6.94. The summed E-state index contributed by atoms with van der Waals surface area (Å²) in [4.78, 5) is 16.7. The first-order valence-electron chi connectivity index (χ1n) is 9.96. The van der Waals surface area contributed by atoms with Crippen molar-refractivity contribution in [3.05, 3.63) is 66.2 Å². The Morgan fingerprint density at radius 2 is 1.97 bits per heavy atom. The molecule has 0 saturated carbocycles. The van der Waals surface area contributed by atoms with Crippen LogP contribution in [0, 0.1) is 0 Å². The first-order valence-corrected chi connectivity index (χ1v) is 9.96. The highest BCUT2D eigenvalue weighted by atomic mass is 16.5. The number of para-hydroxylation sites is 1. The predicted octanol–water partition coefficient (Wildman–Crippen LogP) is 4.69. The fourth-order valence-electron chi connectivity index (χ4n) is 3.16. The molecule has 0 bridgehead atoms. The van der Waals surface area contributed by atoms with Gasteiger partial charge >= 0.3 is 0 Å². The number of nitrogens with one attached hydrogen (secondary N) is 1. The van der Waals surface area contributed by atoms with Crippen molar-refractivity contribution in [2.75, 3.05) is 6.61 Å². The molecule has 0 aliphatic heterocycles. The molecular weight excluding hydrogens is 382 g/mol. The quantitative estimate of drug-likeness (QED) is 0.457. The second-order valence-corrected chi connectivity index (χ2v) is 6.94. The van der Waals surface area contributed by atoms with Crippen molar-refractivity contribution in [2.45, 2.75) is 32.7 Å². The van der Waals surface area contributed by atoms with E-state index in [1.165, 1.54) is 0 Å². The number of carbonyl (C=O) groups is 1. The molecule has 0 aliphatic carbocycles. The fraction of sp³-hybridized carbons (Fsp3) is 0.261. The molecule has 0 fully saturated rings. The molecule has 1 amide bonds. The van der Waals surface area contributed by atoms with Gasteiger partial charge in [-0.25, -0.2) is 0 Å². The molecule has 0 spiro atoms. The minimum Gasteiger partial charge on any atom is -0.494 e. The van der Waals surface area contributed by atoms with Crippen molar-refractivity contribution in [3.63, 3.8) is 0 Å². The van der Waals surface area contributed by atoms with Crippen molar-refractivity contribution in [2.24, 2.45) is 0 Å². The number of amides is 1. The lowest BCUT2D eigenvalue weighted by atomic mass is 10.2. The zero-order valence-electron chi connectivity index (χ0n) is 16.9. The molecular formula is C23H23N3O4. The summed E-state index contributed by atoms with van der Waals surface area (Å²) in [6, 6.07) is 17.0. The number of hydrogen-bond donors (Lipinski definition) is 1. The van der Waals surface area contributed by atoms with Gasteiger partial charge in [0.1, 0.15) is 17.1 Å². The molecule has 4 aromatic rings. The summed E-state index contributed by atoms with van der Waals surface area (Å²) in [6.45, 7) is 4.45. The Morgan fingerprint density at radius 1 is 1.17 bits per heavy atom. The summed E-state index contributed by atoms with van der Waals surface area (Å²) >= 11 is 0. The van der Waals surface area contributed by atoms with Crippen LogP contribution in [0.2, 0.25) is 0 Å². The lowest BCUT2D eigenvalue weighted by Crippen LogP contribution is -2.26. The molecule has 2 aromatic carbocycles. The standard InChI is InChI=1S/C23H23N3O4/c1-3-28-18-10-8-16(9-11-18)23-25-22(30-26-23)13-12-21(27)24-15(2)20-14-17-6-4-5-7-19(17)29-20/h4-11,14-15H,3,12-13H2,1-2H3,(H,24,27). The zero-order valence-corrected chi connectivity index (χ0v) is 16.9. The Hall–Kier alpha value is -3.61. The van der Waals surface area contributed by atoms with E-state index in [-0.39, 0.29) is 18.4 Å². The third kappa shape index (κ3) is 4.51. The monoisotopic (exact) mass is 405 g/mol. The average molecular weight is 405 g/mol. The van der Waals surface area contributed by atoms with E-state index < -0.39 is 0 Å². The van der Waals surface area contributed by atoms with Gasteiger partial charge in [0, 0.05) is 23.8 Å². The summed E-state index contributed by atoms with van der Waals surface area (Å²) in [5.41, 5.74) is 1.64. The molecule has 2 aromatic heterocycles. The molecule has 1 atom stereocenters. The van der Waals surface area contributed by atoms with Gasteiger partial charge in [-0.3, -0.25) is 4.79 Å². The highest BCUT2D eigenvalue weighted by Crippen LogP contribution is 2.24. The van der Waals surface area contributed by atoms with Gasteiger partial charge in [-0.05, 0) is 50.2 Å². The van der Waals surface area contributed by atoms with E-state index >= 15 is 0 Å². The maximum Gasteiger partial charge on any atom is 0.227 e. The number of carbonyl (C=O) groups excluding carboxylic acids is 1. The van der Waals surface area contributed by atoms with Gasteiger partial charge in [0.15, 0.2) is 0 Å². The largest absolute Gasteiger partial charge is 0.494 e. The van der Waals surface area contributed by atoms with E-state index in [9.17, 15) is 4.79 Å². The van der Waals surface area contributed by atoms with Crippen LogP contribution in [0.15, 0.2) is 63.5 Å². The Balaban J connectivity index is 1.31. The molecule has 0 radical (unpaired) electrons. The van der Waals surface area contributed by atoms with Crippen LogP contribution in [0.25, 0.3) is 22.4 Å². The normalized spacial score (nSPS) is 12.1. The number of benzene rings is 2. The zero-order chi connectivity index (χ0) is 20.9. The van der Waals surface area contributed by atoms with Crippen molar-refractivity contribution in [1.29, 1.82) is 0 Å². The molecule has 0 saturated heterocycles. The fourth-order valence-corrected chi connectivity index (χ4v) is 3.16. The van der Waals surface area contributed by atoms with E-state index in [2.05, 4.69) is 15.5 Å². The van der Waals surface area contributed by atoms with Gasteiger partial charge in [0.25, 0.3) is 0 Å². The molecule has 7 nitrogen and oxygen atoms in total. The smallest absolute Gasteiger partial charge is 0.227 e. The average Bonchev–Trinajstić information content (AvgIpc) is 3.40. The van der Waals surface area contributed by atoms with Gasteiger partial charge in [0.05, 0.1) is 12.6 Å². The lowest BCUT2D eigenvalue weighted by Gasteiger charge is -2.10. The molecule has 4 rings (SSSR count). The van der Waals surface area contributed by atoms with Crippen molar-refractivity contribution < 1.29 is 18.5 Å². The van der Waals surface area contributed by atoms with Crippen LogP contribution >= 0.6 is 0 Å². The van der Waals surface area contributed by atoms with Crippen molar-refractivity contribution in [3.8, 4) is 17.1 Å². The van der Waals surface area contributed by atoms with E-state index in [1.54, 1.807) is 0 Å². The molecule has 2 heterocycles. The predicted molar refractivity (Wildman–Crippen MR) is 112 cm³/mol. The molecule has 7 heteroatoms. The summed E-state index contributed by atoms with van der Waals surface area (Å²) in [6.07, 6.45) is 0.609. The number of rotatable bonds is 8. The Kier molecular flexibility index (Phi) is 5.79. The van der Waals surface area contributed by atoms with E-state index in [0.717, 1.165) is 28.0 Å². The maximum atomic E-state index is 12.3. The molecule has 30 heavy (non-hydrogen) atoms. The minimum atomic E-state index is -0.230. The number of furan rings is 1. The Bertz CT molecular complexity index is 1100. The number of nitrogens with zero attached hydrogens (tertiary/aromatic N) is 2. The Labute approximate surface area is 174 Å². The van der Waals surface area contributed by atoms with Crippen LogP contribution in [-0.4, -0.2) is 22.7 Å². The molecule has 154 valence electrons. The maximum absolute atomic E-state index is 12.3. The summed E-state index contributed by atoms with van der Waals surface area (Å²) in [5.74, 6) is 2.32. The lowest BCUT2D eigenvalue weighted by molar-refractivity contribution is -0.121. The number of fused-ring (bicyclic) bond motifs is 1. The highest BCUT2D eigenvalue weighted by Gasteiger charge is 2.16. The Morgan fingerprint density at radius 3 is 2.73 bits per heavy atom.